The predicted octanol–water partition coefficient (Wildman–Crippen LogP) is 3.72. The van der Waals surface area contributed by atoms with Crippen LogP contribution in [0.25, 0.3) is 11.1 Å². The van der Waals surface area contributed by atoms with Crippen molar-refractivity contribution in [1.29, 1.82) is 0 Å². The van der Waals surface area contributed by atoms with Crippen LogP contribution in [-0.4, -0.2) is 44.5 Å². The monoisotopic (exact) mass is 423 g/mol. The maximum absolute atomic E-state index is 13.0. The number of rotatable bonds is 10. The molecule has 0 aliphatic heterocycles. The lowest BCUT2D eigenvalue weighted by Crippen LogP contribution is -2.28. The summed E-state index contributed by atoms with van der Waals surface area (Å²) in [4.78, 5) is 36.5. The smallest absolute Gasteiger partial charge is 0.308 e. The Hall–Kier alpha value is -2.99. The first-order valence-electron chi connectivity index (χ1n) is 10.6. The molecule has 3 rings (SSSR count). The van der Waals surface area contributed by atoms with Gasteiger partial charge in [0, 0.05) is 31.6 Å². The van der Waals surface area contributed by atoms with Crippen LogP contribution in [0.15, 0.2) is 42.5 Å². The zero-order chi connectivity index (χ0) is 22.4. The minimum absolute atomic E-state index is 0.0136. The maximum atomic E-state index is 13.0. The van der Waals surface area contributed by atoms with Gasteiger partial charge in [-0.15, -0.1) is 0 Å². The van der Waals surface area contributed by atoms with Crippen molar-refractivity contribution in [1.82, 2.24) is 5.32 Å². The molecule has 2 aromatic rings. The van der Waals surface area contributed by atoms with E-state index < -0.39 is 0 Å². The van der Waals surface area contributed by atoms with Gasteiger partial charge in [-0.1, -0.05) is 56.3 Å². The third kappa shape index (κ3) is 5.20. The Morgan fingerprint density at radius 2 is 1.77 bits per heavy atom. The molecule has 164 valence electrons. The van der Waals surface area contributed by atoms with Crippen molar-refractivity contribution in [2.75, 3.05) is 26.9 Å². The van der Waals surface area contributed by atoms with Gasteiger partial charge in [-0.3, -0.25) is 14.4 Å². The average molecular weight is 424 g/mol. The highest BCUT2D eigenvalue weighted by molar-refractivity contribution is 6.04. The summed E-state index contributed by atoms with van der Waals surface area (Å²) in [6.45, 7) is 4.32. The number of Topliss-reactive ketones (excluding diaryl/α,β-unsaturated/α-hetero) is 1. The van der Waals surface area contributed by atoms with Crippen LogP contribution in [-0.2, 0) is 19.1 Å². The largest absolute Gasteiger partial charge is 0.464 e. The summed E-state index contributed by atoms with van der Waals surface area (Å²) in [5, 5.41) is 2.74. The van der Waals surface area contributed by atoms with E-state index in [1.54, 1.807) is 0 Å². The van der Waals surface area contributed by atoms with E-state index in [2.05, 4.69) is 5.32 Å². The summed E-state index contributed by atoms with van der Waals surface area (Å²) in [5.41, 5.74) is 4.70. The predicted molar refractivity (Wildman–Crippen MR) is 118 cm³/mol. The molecule has 1 aliphatic rings. The number of methoxy groups -OCH3 is 1. The van der Waals surface area contributed by atoms with Crippen LogP contribution in [0.3, 0.4) is 0 Å². The van der Waals surface area contributed by atoms with Crippen molar-refractivity contribution >= 4 is 17.7 Å². The van der Waals surface area contributed by atoms with Crippen LogP contribution in [0.4, 0.5) is 0 Å². The van der Waals surface area contributed by atoms with E-state index in [9.17, 15) is 14.4 Å². The van der Waals surface area contributed by atoms with Gasteiger partial charge in [-0.25, -0.2) is 0 Å². The van der Waals surface area contributed by atoms with Gasteiger partial charge in [0.1, 0.15) is 13.2 Å². The second-order valence-corrected chi connectivity index (χ2v) is 8.00. The topological polar surface area (TPSA) is 81.7 Å². The number of hydrogen-bond acceptors (Lipinski definition) is 5. The molecule has 0 heterocycles. The van der Waals surface area contributed by atoms with Crippen LogP contribution in [0.5, 0.6) is 0 Å². The molecule has 0 saturated heterocycles. The molecule has 1 unspecified atom stereocenters. The highest BCUT2D eigenvalue weighted by Crippen LogP contribution is 2.46. The van der Waals surface area contributed by atoms with Gasteiger partial charge >= 0.3 is 5.97 Å². The summed E-state index contributed by atoms with van der Waals surface area (Å²) in [6, 6.07) is 13.7. The molecular weight excluding hydrogens is 394 g/mol. The Labute approximate surface area is 182 Å². The van der Waals surface area contributed by atoms with E-state index in [0.29, 0.717) is 24.9 Å². The first-order valence-corrected chi connectivity index (χ1v) is 10.6. The van der Waals surface area contributed by atoms with Crippen LogP contribution < -0.4 is 5.32 Å². The van der Waals surface area contributed by atoms with Gasteiger partial charge in [-0.05, 0) is 28.7 Å². The third-order valence-electron chi connectivity index (χ3n) is 5.42. The number of esters is 1. The number of hydrogen-bond donors (Lipinski definition) is 1. The lowest BCUT2D eigenvalue weighted by molar-refractivity contribution is -0.147. The molecular formula is C25H29NO5. The van der Waals surface area contributed by atoms with Gasteiger partial charge < -0.3 is 14.8 Å². The molecule has 0 fully saturated rings. The molecule has 0 spiro atoms. The second-order valence-electron chi connectivity index (χ2n) is 8.00. The SMILES string of the molecule is COCC(=O)NCCCC(=O)c1cccc2c1-c1ccccc1C2COC(=O)C(C)C. The van der Waals surface area contributed by atoms with Crippen molar-refractivity contribution in [2.45, 2.75) is 32.6 Å². The molecule has 0 radical (unpaired) electrons. The van der Waals surface area contributed by atoms with Gasteiger partial charge in [0.25, 0.3) is 0 Å². The Kier molecular flexibility index (Phi) is 7.58. The minimum Gasteiger partial charge on any atom is -0.464 e. The molecule has 6 nitrogen and oxygen atoms in total. The highest BCUT2D eigenvalue weighted by Gasteiger charge is 2.32. The standard InChI is InChI=1S/C25H29NO5/c1-16(2)25(29)31-14-21-17-8-4-5-9-18(17)24-19(21)10-6-11-20(24)22(27)12-7-13-26-23(28)15-30-3/h4-6,8-11,16,21H,7,12-15H2,1-3H3,(H,26,28). The van der Waals surface area contributed by atoms with Crippen molar-refractivity contribution < 1.29 is 23.9 Å². The van der Waals surface area contributed by atoms with Gasteiger partial charge in [0.05, 0.1) is 5.92 Å². The van der Waals surface area contributed by atoms with E-state index in [-0.39, 0.29) is 42.7 Å². The Balaban J connectivity index is 1.78. The summed E-state index contributed by atoms with van der Waals surface area (Å²) in [7, 11) is 1.47. The quantitative estimate of drug-likeness (QED) is 0.358. The highest BCUT2D eigenvalue weighted by atomic mass is 16.5. The fourth-order valence-corrected chi connectivity index (χ4v) is 3.89. The molecule has 1 amide bonds. The fraction of sp³-hybridized carbons (Fsp3) is 0.400. The van der Waals surface area contributed by atoms with Crippen LogP contribution in [0, 0.1) is 5.92 Å². The maximum Gasteiger partial charge on any atom is 0.308 e. The summed E-state index contributed by atoms with van der Waals surface area (Å²) in [6.07, 6.45) is 0.883. The van der Waals surface area contributed by atoms with Gasteiger partial charge in [0.2, 0.25) is 5.91 Å². The van der Waals surface area contributed by atoms with E-state index in [4.69, 9.17) is 9.47 Å². The first-order chi connectivity index (χ1) is 14.9. The number of ketones is 1. The Bertz CT molecular complexity index is 966. The molecule has 0 bridgehead atoms. The number of fused-ring (bicyclic) bond motifs is 3. The van der Waals surface area contributed by atoms with Crippen LogP contribution in [0.1, 0.15) is 54.1 Å². The van der Waals surface area contributed by atoms with E-state index >= 15 is 0 Å². The molecule has 2 aromatic carbocycles. The summed E-state index contributed by atoms with van der Waals surface area (Å²) < 4.78 is 10.3. The van der Waals surface area contributed by atoms with E-state index in [1.165, 1.54) is 7.11 Å². The van der Waals surface area contributed by atoms with Crippen molar-refractivity contribution in [3.63, 3.8) is 0 Å². The normalized spacial score (nSPS) is 14.1. The van der Waals surface area contributed by atoms with Crippen molar-refractivity contribution in [3.05, 3.63) is 59.2 Å². The molecule has 0 saturated carbocycles. The third-order valence-corrected chi connectivity index (χ3v) is 5.42. The molecule has 31 heavy (non-hydrogen) atoms. The summed E-state index contributed by atoms with van der Waals surface area (Å²) in [5.74, 6) is -0.659. The van der Waals surface area contributed by atoms with E-state index in [0.717, 1.165) is 22.3 Å². The number of ether oxygens (including phenoxy) is 2. The Morgan fingerprint density at radius 3 is 2.52 bits per heavy atom. The minimum atomic E-state index is -0.228. The zero-order valence-corrected chi connectivity index (χ0v) is 18.3. The number of benzene rings is 2. The number of amides is 1. The van der Waals surface area contributed by atoms with Crippen LogP contribution >= 0.6 is 0 Å². The average Bonchev–Trinajstić information content (AvgIpc) is 3.08. The van der Waals surface area contributed by atoms with Crippen molar-refractivity contribution in [3.8, 4) is 11.1 Å². The molecule has 1 atom stereocenters. The van der Waals surface area contributed by atoms with Crippen molar-refractivity contribution in [2.24, 2.45) is 5.92 Å². The molecule has 0 aromatic heterocycles. The number of carbonyl (C=O) groups excluding carboxylic acids is 3. The van der Waals surface area contributed by atoms with Gasteiger partial charge in [-0.2, -0.15) is 0 Å². The molecule has 6 heteroatoms. The molecule has 1 aliphatic carbocycles. The first kappa shape index (κ1) is 22.7. The Morgan fingerprint density at radius 1 is 1.03 bits per heavy atom. The number of nitrogens with one attached hydrogen (secondary N) is 1. The zero-order valence-electron chi connectivity index (χ0n) is 18.3. The van der Waals surface area contributed by atoms with Crippen LogP contribution in [0.2, 0.25) is 0 Å². The van der Waals surface area contributed by atoms with Gasteiger partial charge in [0.15, 0.2) is 5.78 Å². The van der Waals surface area contributed by atoms with E-state index in [1.807, 2.05) is 56.3 Å². The lowest BCUT2D eigenvalue weighted by atomic mass is 9.93. The summed E-state index contributed by atoms with van der Waals surface area (Å²) >= 11 is 0. The second kappa shape index (κ2) is 10.4. The lowest BCUT2D eigenvalue weighted by Gasteiger charge is -2.15. The number of carbonyl (C=O) groups is 3. The fourth-order valence-electron chi connectivity index (χ4n) is 3.89. The molecule has 1 N–H and O–H groups in total.